The van der Waals surface area contributed by atoms with Gasteiger partial charge in [-0.15, -0.1) is 0 Å². The summed E-state index contributed by atoms with van der Waals surface area (Å²) in [5.41, 5.74) is 0. The lowest BCUT2D eigenvalue weighted by molar-refractivity contribution is -0.123. The summed E-state index contributed by atoms with van der Waals surface area (Å²) >= 11 is 0. The topological polar surface area (TPSA) is 56.8 Å². The number of rotatable bonds is 47. The van der Waals surface area contributed by atoms with Gasteiger partial charge < -0.3 is 18.6 Å². The van der Waals surface area contributed by atoms with Crippen LogP contribution in [0.3, 0.4) is 0 Å². The highest BCUT2D eigenvalue weighted by Crippen LogP contribution is 2.42. The Bertz CT molecular complexity index is 1220. The van der Waals surface area contributed by atoms with Crippen molar-refractivity contribution < 1.29 is 18.1 Å². The second-order valence-corrected chi connectivity index (χ2v) is 41.5. The van der Waals surface area contributed by atoms with Gasteiger partial charge in [0, 0.05) is 6.42 Å². The fourth-order valence-electron chi connectivity index (χ4n) is 9.05. The molecule has 0 saturated carbocycles. The molecule has 0 saturated heterocycles. The van der Waals surface area contributed by atoms with Crippen LogP contribution in [0.15, 0.2) is 0 Å². The molecule has 0 unspecified atom stereocenters. The maximum absolute atomic E-state index is 14.2. The highest BCUT2D eigenvalue weighted by atomic mass is 28.4. The normalized spacial score (nSPS) is 14.6. The molecule has 0 fully saturated rings. The molecule has 70 heavy (non-hydrogen) atoms. The lowest BCUT2D eigenvalue weighted by atomic mass is 9.99. The SMILES string of the molecule is CCCCCCCCCCCCCCCCCCCCCCCCCC(=O)N[C@@H](CO[Si](C)(C)C(C)(C)C)[C@H](O[Si](C)(C)C(C)(C)C)[C@@H](CCCCCCCCCCCCCC)O[Si](C)(C)C(C)(C)C. The number of amides is 1. The van der Waals surface area contributed by atoms with E-state index in [0.717, 1.165) is 25.7 Å². The van der Waals surface area contributed by atoms with E-state index >= 15 is 0 Å². The van der Waals surface area contributed by atoms with Gasteiger partial charge in [-0.25, -0.2) is 0 Å². The Balaban J connectivity index is 5.47. The molecule has 0 aliphatic carbocycles. The highest BCUT2D eigenvalue weighted by Gasteiger charge is 2.48. The van der Waals surface area contributed by atoms with Gasteiger partial charge in [0.05, 0.1) is 24.9 Å². The smallest absolute Gasteiger partial charge is 0.220 e. The molecule has 420 valence electrons. The number of nitrogens with one attached hydrogen (secondary N) is 1. The van der Waals surface area contributed by atoms with Gasteiger partial charge in [0.15, 0.2) is 25.0 Å². The first kappa shape index (κ1) is 70.0. The molecule has 0 spiro atoms. The Hall–Kier alpha value is 0.000649. The monoisotopic (exact) mass is 1040 g/mol. The minimum atomic E-state index is -2.29. The van der Waals surface area contributed by atoms with Crippen molar-refractivity contribution in [2.75, 3.05) is 6.61 Å². The summed E-state index contributed by atoms with van der Waals surface area (Å²) in [5.74, 6) is 0.146. The van der Waals surface area contributed by atoms with E-state index < -0.39 is 25.0 Å². The zero-order valence-electron chi connectivity index (χ0n) is 51.2. The van der Waals surface area contributed by atoms with Crippen molar-refractivity contribution in [3.05, 3.63) is 0 Å². The molecule has 1 amide bonds. The maximum Gasteiger partial charge on any atom is 0.220 e. The zero-order valence-corrected chi connectivity index (χ0v) is 54.2. The van der Waals surface area contributed by atoms with E-state index in [1.54, 1.807) is 0 Å². The lowest BCUT2D eigenvalue weighted by Gasteiger charge is -2.48. The summed E-state index contributed by atoms with van der Waals surface area (Å²) in [6, 6.07) is -0.271. The standard InChI is InChI=1S/C62H131NO4Si3/c1-18-20-22-24-26-28-30-32-33-34-35-36-37-38-39-40-41-42-44-46-48-50-52-54-58(64)63-56(55-65-68(12,13)60(3,4)5)59(67-70(16,17)62(9,10)11)57(66-69(14,15)61(6,7)8)53-51-49-47-45-43-31-29-27-25-23-21-19-2/h56-57,59H,18-55H2,1-17H3,(H,63,64)/t56-,57+,59-/m0/s1. The van der Waals surface area contributed by atoms with Gasteiger partial charge in [0.25, 0.3) is 0 Å². The van der Waals surface area contributed by atoms with Crippen molar-refractivity contribution in [2.45, 2.75) is 386 Å². The van der Waals surface area contributed by atoms with Crippen LogP contribution in [0.25, 0.3) is 0 Å². The van der Waals surface area contributed by atoms with E-state index in [2.05, 4.69) is 121 Å². The Morgan fingerprint density at radius 2 is 0.657 bits per heavy atom. The van der Waals surface area contributed by atoms with E-state index in [1.165, 1.54) is 205 Å². The van der Waals surface area contributed by atoms with Crippen LogP contribution >= 0.6 is 0 Å². The predicted octanol–water partition coefficient (Wildman–Crippen LogP) is 21.7. The van der Waals surface area contributed by atoms with Crippen LogP contribution in [0, 0.1) is 0 Å². The third-order valence-electron chi connectivity index (χ3n) is 17.4. The summed E-state index contributed by atoms with van der Waals surface area (Å²) in [7, 11) is -6.63. The van der Waals surface area contributed by atoms with Crippen LogP contribution in [0.1, 0.15) is 314 Å². The molecule has 0 aliphatic rings. The third kappa shape index (κ3) is 34.5. The van der Waals surface area contributed by atoms with Gasteiger partial charge in [-0.2, -0.15) is 0 Å². The molecular formula is C62H131NO4Si3. The van der Waals surface area contributed by atoms with Gasteiger partial charge in [0.2, 0.25) is 5.91 Å². The first-order valence-corrected chi connectivity index (χ1v) is 39.8. The van der Waals surface area contributed by atoms with E-state index in [4.69, 9.17) is 13.3 Å². The van der Waals surface area contributed by atoms with Crippen molar-refractivity contribution >= 4 is 30.9 Å². The second-order valence-electron chi connectivity index (χ2n) is 27.2. The van der Waals surface area contributed by atoms with Gasteiger partial charge in [-0.1, -0.05) is 294 Å². The zero-order chi connectivity index (χ0) is 53.0. The van der Waals surface area contributed by atoms with Crippen molar-refractivity contribution in [1.29, 1.82) is 0 Å². The van der Waals surface area contributed by atoms with Gasteiger partial charge in [-0.3, -0.25) is 4.79 Å². The summed E-state index contributed by atoms with van der Waals surface area (Å²) < 4.78 is 22.2. The quantitative estimate of drug-likeness (QED) is 0.0487. The van der Waals surface area contributed by atoms with Crippen LogP contribution < -0.4 is 5.32 Å². The van der Waals surface area contributed by atoms with Gasteiger partial charge >= 0.3 is 0 Å². The largest absolute Gasteiger partial charge is 0.415 e. The van der Waals surface area contributed by atoms with Crippen molar-refractivity contribution in [1.82, 2.24) is 5.32 Å². The van der Waals surface area contributed by atoms with Crippen LogP contribution in [-0.4, -0.2) is 55.7 Å². The lowest BCUT2D eigenvalue weighted by Crippen LogP contribution is -2.60. The van der Waals surface area contributed by atoms with Crippen LogP contribution in [0.2, 0.25) is 54.4 Å². The molecule has 0 aromatic heterocycles. The van der Waals surface area contributed by atoms with Crippen LogP contribution in [0.4, 0.5) is 0 Å². The first-order valence-electron chi connectivity index (χ1n) is 31.1. The fraction of sp³-hybridized carbons (Fsp3) is 0.984. The second kappa shape index (κ2) is 39.4. The first-order chi connectivity index (χ1) is 32.8. The number of carbonyl (C=O) groups excluding carboxylic acids is 1. The van der Waals surface area contributed by atoms with Crippen LogP contribution in [0.5, 0.6) is 0 Å². The van der Waals surface area contributed by atoms with Crippen LogP contribution in [-0.2, 0) is 18.1 Å². The van der Waals surface area contributed by atoms with Gasteiger partial charge in [0.1, 0.15) is 0 Å². The molecular weight excluding hydrogens is 907 g/mol. The Morgan fingerprint density at radius 3 is 0.957 bits per heavy atom. The van der Waals surface area contributed by atoms with Crippen molar-refractivity contribution in [3.8, 4) is 0 Å². The average molecular weight is 1040 g/mol. The number of hydrogen-bond acceptors (Lipinski definition) is 4. The molecule has 8 heteroatoms. The predicted molar refractivity (Wildman–Crippen MR) is 321 cm³/mol. The summed E-state index contributed by atoms with van der Waals surface area (Å²) in [5, 5.41) is 3.77. The summed E-state index contributed by atoms with van der Waals surface area (Å²) in [6.45, 7) is 40.3. The number of unbranched alkanes of at least 4 members (excludes halogenated alkanes) is 33. The minimum absolute atomic E-state index is 0.0172. The Kier molecular flexibility index (Phi) is 39.4. The molecule has 0 aliphatic heterocycles. The number of hydrogen-bond donors (Lipinski definition) is 1. The molecule has 3 atom stereocenters. The molecule has 0 rings (SSSR count). The average Bonchev–Trinajstić information content (AvgIpc) is 3.26. The van der Waals surface area contributed by atoms with E-state index in [-0.39, 0.29) is 39.3 Å². The minimum Gasteiger partial charge on any atom is -0.415 e. The molecule has 1 N–H and O–H groups in total. The Morgan fingerprint density at radius 1 is 0.386 bits per heavy atom. The Labute approximate surface area is 445 Å². The molecule has 0 aromatic rings. The van der Waals surface area contributed by atoms with E-state index in [1.807, 2.05) is 0 Å². The molecule has 5 nitrogen and oxygen atoms in total. The summed E-state index contributed by atoms with van der Waals surface area (Å²) in [6.07, 6.45) is 48.8. The van der Waals surface area contributed by atoms with E-state index in [0.29, 0.717) is 13.0 Å². The summed E-state index contributed by atoms with van der Waals surface area (Å²) in [4.78, 5) is 14.2. The van der Waals surface area contributed by atoms with Crippen molar-refractivity contribution in [3.63, 3.8) is 0 Å². The number of carbonyl (C=O) groups is 1. The molecule has 0 heterocycles. The highest BCUT2D eigenvalue weighted by molar-refractivity contribution is 6.75. The van der Waals surface area contributed by atoms with Gasteiger partial charge in [-0.05, 0) is 67.2 Å². The molecule has 0 aromatic carbocycles. The fourth-order valence-corrected chi connectivity index (χ4v) is 12.8. The van der Waals surface area contributed by atoms with Crippen molar-refractivity contribution in [2.24, 2.45) is 0 Å². The third-order valence-corrected chi connectivity index (χ3v) is 30.9. The maximum atomic E-state index is 14.2. The molecule has 0 bridgehead atoms. The molecule has 0 radical (unpaired) electrons. The van der Waals surface area contributed by atoms with E-state index in [9.17, 15) is 4.79 Å².